The van der Waals surface area contributed by atoms with Gasteiger partial charge in [-0.15, -0.1) is 0 Å². The van der Waals surface area contributed by atoms with Crippen molar-refractivity contribution in [1.82, 2.24) is 9.13 Å². The first-order chi connectivity index (χ1) is 21.8. The Morgan fingerprint density at radius 3 is 2.23 bits per heavy atom. The minimum Gasteiger partial charge on any atom is -0.313 e. The van der Waals surface area contributed by atoms with Gasteiger partial charge in [0.05, 0.1) is 16.6 Å². The number of allylic oxidation sites excluding steroid dienone is 5. The van der Waals surface area contributed by atoms with Crippen molar-refractivity contribution in [2.45, 2.75) is 25.2 Å². The number of aromatic nitrogens is 2. The van der Waals surface area contributed by atoms with E-state index in [1.54, 1.807) is 0 Å². The van der Waals surface area contributed by atoms with Crippen molar-refractivity contribution in [1.29, 1.82) is 0 Å². The lowest BCUT2D eigenvalue weighted by atomic mass is 9.91. The fourth-order valence-electron chi connectivity index (χ4n) is 7.43. The van der Waals surface area contributed by atoms with E-state index in [4.69, 9.17) is 0 Å². The summed E-state index contributed by atoms with van der Waals surface area (Å²) < 4.78 is 4.95. The number of hydrogen-bond acceptors (Lipinski definition) is 0. The third-order valence-electron chi connectivity index (χ3n) is 9.50. The van der Waals surface area contributed by atoms with Crippen LogP contribution >= 0.6 is 0 Å². The molecular formula is C42H32N2. The third-order valence-corrected chi connectivity index (χ3v) is 9.50. The summed E-state index contributed by atoms with van der Waals surface area (Å²) in [4.78, 5) is 0. The predicted octanol–water partition coefficient (Wildman–Crippen LogP) is 11.0. The minimum atomic E-state index is 0.430. The lowest BCUT2D eigenvalue weighted by Crippen LogP contribution is -2.04. The van der Waals surface area contributed by atoms with Crippen LogP contribution in [0, 0.1) is 0 Å². The lowest BCUT2D eigenvalue weighted by Gasteiger charge is -2.16. The van der Waals surface area contributed by atoms with Gasteiger partial charge in [0.15, 0.2) is 0 Å². The zero-order chi connectivity index (χ0) is 29.0. The average molecular weight is 565 g/mol. The van der Waals surface area contributed by atoms with E-state index in [1.165, 1.54) is 72.0 Å². The first kappa shape index (κ1) is 25.2. The molecule has 1 unspecified atom stereocenters. The van der Waals surface area contributed by atoms with E-state index >= 15 is 0 Å². The highest BCUT2D eigenvalue weighted by molar-refractivity contribution is 6.09. The van der Waals surface area contributed by atoms with Gasteiger partial charge in [-0.3, -0.25) is 0 Å². The van der Waals surface area contributed by atoms with Gasteiger partial charge in [0, 0.05) is 44.7 Å². The summed E-state index contributed by atoms with van der Waals surface area (Å²) in [6.07, 6.45) is 16.7. The first-order valence-corrected chi connectivity index (χ1v) is 15.7. The second kappa shape index (κ2) is 10.1. The van der Waals surface area contributed by atoms with Crippen LogP contribution in [0.1, 0.15) is 35.6 Å². The summed E-state index contributed by atoms with van der Waals surface area (Å²) in [5.41, 5.74) is 12.8. The van der Waals surface area contributed by atoms with Gasteiger partial charge < -0.3 is 9.13 Å². The Morgan fingerprint density at radius 2 is 1.34 bits per heavy atom. The Bertz CT molecular complexity index is 2310. The molecule has 2 aliphatic carbocycles. The van der Waals surface area contributed by atoms with E-state index < -0.39 is 0 Å². The quantitative estimate of drug-likeness (QED) is 0.201. The molecule has 0 amide bonds. The highest BCUT2D eigenvalue weighted by Gasteiger charge is 2.21. The van der Waals surface area contributed by atoms with E-state index in [9.17, 15) is 0 Å². The van der Waals surface area contributed by atoms with Gasteiger partial charge in [-0.25, -0.2) is 0 Å². The molecule has 2 aliphatic rings. The number of benzene rings is 5. The molecule has 0 aliphatic heterocycles. The summed E-state index contributed by atoms with van der Waals surface area (Å²) in [5, 5.41) is 3.93. The number of fused-ring (bicyclic) bond motifs is 6. The molecule has 0 saturated carbocycles. The molecule has 0 radical (unpaired) electrons. The maximum atomic E-state index is 2.50. The summed E-state index contributed by atoms with van der Waals surface area (Å²) in [6.45, 7) is 0. The SMILES string of the molecule is C1=CCC(c2ccc3c(c2)c2ccccc2n3-c2cccc(-n3c4c(c5cc(-c6ccccc6)ccc53)C=CCC4)c2)C=C1. The second-order valence-electron chi connectivity index (χ2n) is 12.0. The predicted molar refractivity (Wildman–Crippen MR) is 186 cm³/mol. The molecule has 0 fully saturated rings. The van der Waals surface area contributed by atoms with Crippen LogP contribution in [0.3, 0.4) is 0 Å². The van der Waals surface area contributed by atoms with E-state index in [1.807, 2.05) is 0 Å². The smallest absolute Gasteiger partial charge is 0.0541 e. The summed E-state index contributed by atoms with van der Waals surface area (Å²) in [5.74, 6) is 0.430. The molecule has 210 valence electrons. The lowest BCUT2D eigenvalue weighted by molar-refractivity contribution is 0.855. The number of hydrogen-bond donors (Lipinski definition) is 0. The Morgan fingerprint density at radius 1 is 0.545 bits per heavy atom. The molecule has 44 heavy (non-hydrogen) atoms. The fourth-order valence-corrected chi connectivity index (χ4v) is 7.43. The molecule has 2 heterocycles. The van der Waals surface area contributed by atoms with Gasteiger partial charge in [-0.05, 0) is 84.5 Å². The average Bonchev–Trinajstić information content (AvgIpc) is 3.61. The van der Waals surface area contributed by atoms with E-state index in [-0.39, 0.29) is 0 Å². The van der Waals surface area contributed by atoms with Crippen LogP contribution in [0.4, 0.5) is 0 Å². The van der Waals surface area contributed by atoms with E-state index in [0.717, 1.165) is 19.3 Å². The summed E-state index contributed by atoms with van der Waals surface area (Å²) in [7, 11) is 0. The Balaban J connectivity index is 1.23. The molecule has 2 heteroatoms. The third kappa shape index (κ3) is 3.95. The number of rotatable bonds is 4. The van der Waals surface area contributed by atoms with Crippen LogP contribution in [0.25, 0.3) is 61.3 Å². The highest BCUT2D eigenvalue weighted by atomic mass is 15.0. The monoisotopic (exact) mass is 564 g/mol. The Hall–Kier alpha value is -5.34. The van der Waals surface area contributed by atoms with Gasteiger partial charge in [0.25, 0.3) is 0 Å². The van der Waals surface area contributed by atoms with Crippen LogP contribution in [0.15, 0.2) is 146 Å². The van der Waals surface area contributed by atoms with Crippen LogP contribution in [0.2, 0.25) is 0 Å². The summed E-state index contributed by atoms with van der Waals surface area (Å²) >= 11 is 0. The first-order valence-electron chi connectivity index (χ1n) is 15.7. The summed E-state index contributed by atoms with van der Waals surface area (Å²) in [6, 6.07) is 42.7. The number of nitrogens with zero attached hydrogens (tertiary/aromatic N) is 2. The van der Waals surface area contributed by atoms with E-state index in [2.05, 4.69) is 161 Å². The van der Waals surface area contributed by atoms with Crippen molar-refractivity contribution in [3.8, 4) is 22.5 Å². The van der Waals surface area contributed by atoms with Crippen LogP contribution in [-0.2, 0) is 6.42 Å². The molecule has 2 nitrogen and oxygen atoms in total. The minimum absolute atomic E-state index is 0.430. The molecule has 2 aromatic heterocycles. The van der Waals surface area contributed by atoms with Crippen LogP contribution in [-0.4, -0.2) is 9.13 Å². The molecule has 9 rings (SSSR count). The fraction of sp³-hybridized carbons (Fsp3) is 0.0952. The Kier molecular flexibility index (Phi) is 5.80. The van der Waals surface area contributed by atoms with E-state index in [0.29, 0.717) is 5.92 Å². The second-order valence-corrected chi connectivity index (χ2v) is 12.0. The van der Waals surface area contributed by atoms with Crippen molar-refractivity contribution in [2.24, 2.45) is 0 Å². The molecule has 5 aromatic carbocycles. The molecule has 0 saturated heterocycles. The molecule has 0 spiro atoms. The van der Waals surface area contributed by atoms with Gasteiger partial charge >= 0.3 is 0 Å². The van der Waals surface area contributed by atoms with Crippen molar-refractivity contribution in [3.63, 3.8) is 0 Å². The molecule has 0 N–H and O–H groups in total. The topological polar surface area (TPSA) is 9.86 Å². The normalized spacial score (nSPS) is 15.9. The molecule has 0 bridgehead atoms. The number of para-hydroxylation sites is 1. The molecular weight excluding hydrogens is 532 g/mol. The van der Waals surface area contributed by atoms with Crippen molar-refractivity contribution in [2.75, 3.05) is 0 Å². The van der Waals surface area contributed by atoms with Crippen molar-refractivity contribution in [3.05, 3.63) is 162 Å². The maximum Gasteiger partial charge on any atom is 0.0541 e. The van der Waals surface area contributed by atoms with Gasteiger partial charge in [0.1, 0.15) is 0 Å². The van der Waals surface area contributed by atoms with Gasteiger partial charge in [-0.1, -0.05) is 103 Å². The van der Waals surface area contributed by atoms with Crippen LogP contribution in [0.5, 0.6) is 0 Å². The molecule has 7 aromatic rings. The van der Waals surface area contributed by atoms with Crippen molar-refractivity contribution < 1.29 is 0 Å². The zero-order valence-electron chi connectivity index (χ0n) is 24.5. The Labute approximate surface area is 257 Å². The maximum absolute atomic E-state index is 2.50. The largest absolute Gasteiger partial charge is 0.313 e. The molecule has 1 atom stereocenters. The zero-order valence-corrected chi connectivity index (χ0v) is 24.5. The highest BCUT2D eigenvalue weighted by Crippen LogP contribution is 2.39. The van der Waals surface area contributed by atoms with Gasteiger partial charge in [0.2, 0.25) is 0 Å². The van der Waals surface area contributed by atoms with Crippen molar-refractivity contribution >= 4 is 38.8 Å². The van der Waals surface area contributed by atoms with Gasteiger partial charge in [-0.2, -0.15) is 0 Å². The standard InChI is InChI=1S/C42H32N2/c1-3-12-29(13-4-1)31-22-24-41-37(26-31)35-18-7-9-20-39(35)43(41)33-16-11-17-34(28-33)44-40-21-10-8-19-36(40)38-27-32(23-25-42(38)44)30-14-5-2-6-15-30/h1-9,11-12,14-20,22-29H,10,13,21H2. The van der Waals surface area contributed by atoms with Crippen LogP contribution < -0.4 is 0 Å².